The van der Waals surface area contributed by atoms with E-state index in [0.717, 1.165) is 0 Å². The van der Waals surface area contributed by atoms with E-state index in [9.17, 15) is 0 Å². The highest BCUT2D eigenvalue weighted by Gasteiger charge is 1.97. The molecule has 0 saturated carbocycles. The van der Waals surface area contributed by atoms with Gasteiger partial charge in [0.05, 0.1) is 7.11 Å². The fourth-order valence-electron chi connectivity index (χ4n) is 0.676. The molecule has 0 aliphatic heterocycles. The van der Waals surface area contributed by atoms with Crippen molar-refractivity contribution in [3.8, 4) is 0 Å². The fraction of sp³-hybridized carbons (Fsp3) is 0.250. The Balaban J connectivity index is 2.96. The number of ether oxygens (including phenoxy) is 1. The Labute approximate surface area is 76.1 Å². The Kier molecular flexibility index (Phi) is 3.05. The average molecular weight is 185 g/mol. The summed E-state index contributed by atoms with van der Waals surface area (Å²) in [4.78, 5) is 7.95. The number of methoxy groups -OCH3 is 1. The normalized spacial score (nSPS) is 11.4. The van der Waals surface area contributed by atoms with Crippen molar-refractivity contribution < 1.29 is 4.74 Å². The molecule has 0 aromatic carbocycles. The number of nitrogens with zero attached hydrogens (tertiary/aromatic N) is 2. The fourth-order valence-corrected chi connectivity index (χ4v) is 0.838. The van der Waals surface area contributed by atoms with Crippen molar-refractivity contribution in [2.45, 2.75) is 6.92 Å². The topological polar surface area (TPSA) is 34.5 Å². The van der Waals surface area contributed by atoms with Crippen molar-refractivity contribution >= 4 is 23.2 Å². The summed E-state index contributed by atoms with van der Waals surface area (Å²) in [6.07, 6.45) is 1.61. The zero-order chi connectivity index (χ0) is 8.97. The van der Waals surface area contributed by atoms with Crippen LogP contribution in [0.25, 0.3) is 0 Å². The molecule has 1 aromatic heterocycles. The van der Waals surface area contributed by atoms with Gasteiger partial charge in [0, 0.05) is 13.1 Å². The molecule has 1 aromatic rings. The molecule has 3 nitrogen and oxygen atoms in total. The molecule has 0 fully saturated rings. The molecule has 0 N–H and O–H groups in total. The Morgan fingerprint density at radius 1 is 1.67 bits per heavy atom. The van der Waals surface area contributed by atoms with E-state index in [2.05, 4.69) is 9.98 Å². The summed E-state index contributed by atoms with van der Waals surface area (Å²) in [5.74, 6) is 0.560. The van der Waals surface area contributed by atoms with Crippen molar-refractivity contribution in [1.29, 1.82) is 0 Å². The minimum absolute atomic E-state index is 0.383. The average Bonchev–Trinajstić information content (AvgIpc) is 2.09. The zero-order valence-corrected chi connectivity index (χ0v) is 7.67. The van der Waals surface area contributed by atoms with Crippen molar-refractivity contribution in [1.82, 2.24) is 4.98 Å². The molecule has 12 heavy (non-hydrogen) atoms. The summed E-state index contributed by atoms with van der Waals surface area (Å²) < 4.78 is 4.87. The predicted octanol–water partition coefficient (Wildman–Crippen LogP) is 2.43. The van der Waals surface area contributed by atoms with Crippen LogP contribution in [0.2, 0.25) is 5.15 Å². The van der Waals surface area contributed by atoms with Crippen LogP contribution in [0.5, 0.6) is 0 Å². The standard InChI is InChI=1S/C8H9ClN2O/c1-6(12-2)11-7-4-3-5-10-8(7)9/h3-5H,1-2H3. The highest BCUT2D eigenvalue weighted by Crippen LogP contribution is 2.20. The number of halogens is 1. The van der Waals surface area contributed by atoms with E-state index < -0.39 is 0 Å². The first kappa shape index (κ1) is 9.00. The van der Waals surface area contributed by atoms with Crippen LogP contribution >= 0.6 is 11.6 Å². The lowest BCUT2D eigenvalue weighted by atomic mass is 10.4. The summed E-state index contributed by atoms with van der Waals surface area (Å²) in [5.41, 5.74) is 0.624. The Bertz CT molecular complexity index is 299. The van der Waals surface area contributed by atoms with E-state index in [1.54, 1.807) is 32.4 Å². The molecule has 1 heterocycles. The smallest absolute Gasteiger partial charge is 0.184 e. The van der Waals surface area contributed by atoms with Crippen LogP contribution < -0.4 is 0 Å². The van der Waals surface area contributed by atoms with Crippen molar-refractivity contribution in [3.05, 3.63) is 23.5 Å². The molecular formula is C8H9ClN2O. The number of rotatable bonds is 1. The third-order valence-corrected chi connectivity index (χ3v) is 1.60. The maximum Gasteiger partial charge on any atom is 0.184 e. The molecule has 0 saturated heterocycles. The third kappa shape index (κ3) is 2.20. The van der Waals surface area contributed by atoms with Gasteiger partial charge in [-0.1, -0.05) is 11.6 Å². The van der Waals surface area contributed by atoms with E-state index in [0.29, 0.717) is 16.7 Å². The van der Waals surface area contributed by atoms with Gasteiger partial charge in [-0.15, -0.1) is 0 Å². The van der Waals surface area contributed by atoms with Gasteiger partial charge in [-0.05, 0) is 12.1 Å². The molecule has 0 bridgehead atoms. The van der Waals surface area contributed by atoms with Crippen LogP contribution in [0.15, 0.2) is 23.3 Å². The van der Waals surface area contributed by atoms with Gasteiger partial charge >= 0.3 is 0 Å². The summed E-state index contributed by atoms with van der Waals surface area (Å²) in [7, 11) is 1.56. The van der Waals surface area contributed by atoms with Crippen molar-refractivity contribution in [3.63, 3.8) is 0 Å². The van der Waals surface area contributed by atoms with Gasteiger partial charge in [-0.2, -0.15) is 0 Å². The van der Waals surface area contributed by atoms with E-state index >= 15 is 0 Å². The molecule has 0 amide bonds. The third-order valence-electron chi connectivity index (χ3n) is 1.31. The Morgan fingerprint density at radius 2 is 2.42 bits per heavy atom. The molecule has 0 unspecified atom stereocenters. The van der Waals surface area contributed by atoms with Crippen LogP contribution in [0.4, 0.5) is 5.69 Å². The summed E-state index contributed by atoms with van der Waals surface area (Å²) in [5, 5.41) is 0.383. The molecule has 0 atom stereocenters. The summed E-state index contributed by atoms with van der Waals surface area (Å²) in [6, 6.07) is 3.55. The van der Waals surface area contributed by atoms with Crippen molar-refractivity contribution in [2.24, 2.45) is 4.99 Å². The molecule has 0 radical (unpaired) electrons. The summed E-state index contributed by atoms with van der Waals surface area (Å²) >= 11 is 5.75. The first-order valence-electron chi connectivity index (χ1n) is 3.44. The SMILES string of the molecule is COC(C)=Nc1cccnc1Cl. The highest BCUT2D eigenvalue weighted by atomic mass is 35.5. The first-order valence-corrected chi connectivity index (χ1v) is 3.81. The number of aliphatic imine (C=N–C) groups is 1. The van der Waals surface area contributed by atoms with Gasteiger partial charge in [0.2, 0.25) is 0 Å². The number of hydrogen-bond acceptors (Lipinski definition) is 3. The first-order chi connectivity index (χ1) is 5.74. The van der Waals surface area contributed by atoms with E-state index in [1.807, 2.05) is 0 Å². The molecule has 0 aliphatic carbocycles. The molecular weight excluding hydrogens is 176 g/mol. The van der Waals surface area contributed by atoms with Gasteiger partial charge < -0.3 is 4.74 Å². The lowest BCUT2D eigenvalue weighted by molar-refractivity contribution is 0.400. The van der Waals surface area contributed by atoms with Gasteiger partial charge in [0.15, 0.2) is 11.1 Å². The molecule has 1 rings (SSSR count). The molecule has 0 spiro atoms. The number of aromatic nitrogens is 1. The van der Waals surface area contributed by atoms with Gasteiger partial charge in [-0.25, -0.2) is 9.98 Å². The number of pyridine rings is 1. The van der Waals surface area contributed by atoms with E-state index in [4.69, 9.17) is 16.3 Å². The lowest BCUT2D eigenvalue weighted by Gasteiger charge is -1.98. The van der Waals surface area contributed by atoms with Gasteiger partial charge in [0.1, 0.15) is 5.69 Å². The largest absolute Gasteiger partial charge is 0.484 e. The van der Waals surface area contributed by atoms with Crippen LogP contribution in [0, 0.1) is 0 Å². The quantitative estimate of drug-likeness (QED) is 0.382. The second kappa shape index (κ2) is 4.07. The van der Waals surface area contributed by atoms with Crippen LogP contribution in [0.3, 0.4) is 0 Å². The van der Waals surface area contributed by atoms with E-state index in [1.165, 1.54) is 0 Å². The maximum absolute atomic E-state index is 5.75. The van der Waals surface area contributed by atoms with Crippen LogP contribution in [-0.2, 0) is 4.74 Å². The minimum Gasteiger partial charge on any atom is -0.484 e. The predicted molar refractivity (Wildman–Crippen MR) is 49.0 cm³/mol. The number of hydrogen-bond donors (Lipinski definition) is 0. The van der Waals surface area contributed by atoms with Gasteiger partial charge in [0.25, 0.3) is 0 Å². The molecule has 0 aliphatic rings. The van der Waals surface area contributed by atoms with E-state index in [-0.39, 0.29) is 0 Å². The Hall–Kier alpha value is -1.09. The highest BCUT2D eigenvalue weighted by molar-refractivity contribution is 6.31. The molecule has 64 valence electrons. The maximum atomic E-state index is 5.75. The second-order valence-electron chi connectivity index (χ2n) is 2.15. The lowest BCUT2D eigenvalue weighted by Crippen LogP contribution is -1.92. The zero-order valence-electron chi connectivity index (χ0n) is 6.91. The monoisotopic (exact) mass is 184 g/mol. The minimum atomic E-state index is 0.383. The van der Waals surface area contributed by atoms with Crippen molar-refractivity contribution in [2.75, 3.05) is 7.11 Å². The van der Waals surface area contributed by atoms with Crippen LogP contribution in [0.1, 0.15) is 6.92 Å². The second-order valence-corrected chi connectivity index (χ2v) is 2.51. The Morgan fingerprint density at radius 3 is 3.00 bits per heavy atom. The molecule has 4 heteroatoms. The van der Waals surface area contributed by atoms with Crippen LogP contribution in [-0.4, -0.2) is 18.0 Å². The van der Waals surface area contributed by atoms with Gasteiger partial charge in [-0.3, -0.25) is 0 Å². The summed E-state index contributed by atoms with van der Waals surface area (Å²) in [6.45, 7) is 1.75.